The largest absolute Gasteiger partial charge is 0.354 e. The van der Waals surface area contributed by atoms with E-state index in [1.807, 2.05) is 0 Å². The molecule has 0 bridgehead atoms. The summed E-state index contributed by atoms with van der Waals surface area (Å²) in [6.45, 7) is 4.30. The van der Waals surface area contributed by atoms with E-state index >= 15 is 0 Å². The molecule has 0 unspecified atom stereocenters. The Kier molecular flexibility index (Phi) is 3.99. The molecule has 4 aromatic carbocycles. The average molecular weight is 323 g/mol. The molecule has 0 heterocycles. The second-order valence-electron chi connectivity index (χ2n) is 6.52. The van der Waals surface area contributed by atoms with Crippen LogP contribution < -0.4 is 5.32 Å². The van der Waals surface area contributed by atoms with Crippen molar-refractivity contribution in [3.63, 3.8) is 0 Å². The van der Waals surface area contributed by atoms with Crippen molar-refractivity contribution in [1.29, 1.82) is 0 Å². The van der Waals surface area contributed by atoms with E-state index in [2.05, 4.69) is 104 Å². The highest BCUT2D eigenvalue weighted by atomic mass is 14.9. The standard InChI is InChI=1S/C24H21N/c1-17-12-14-20-15-13-18(2)24(22(20)16-17)25-23-11-7-6-10-21(23)19-8-4-3-5-9-19/h3-16,25H,1-2H3. The number of nitrogens with one attached hydrogen (secondary N) is 1. The first-order chi connectivity index (χ1) is 12.2. The van der Waals surface area contributed by atoms with Crippen molar-refractivity contribution >= 4 is 22.1 Å². The van der Waals surface area contributed by atoms with Crippen LogP contribution in [0.4, 0.5) is 11.4 Å². The minimum Gasteiger partial charge on any atom is -0.354 e. The Bertz CT molecular complexity index is 1030. The second-order valence-corrected chi connectivity index (χ2v) is 6.52. The van der Waals surface area contributed by atoms with E-state index in [1.54, 1.807) is 0 Å². The van der Waals surface area contributed by atoms with Gasteiger partial charge < -0.3 is 5.32 Å². The molecule has 0 aromatic heterocycles. The number of hydrogen-bond acceptors (Lipinski definition) is 1. The van der Waals surface area contributed by atoms with Gasteiger partial charge in [0.05, 0.1) is 0 Å². The number of rotatable bonds is 3. The molecule has 122 valence electrons. The summed E-state index contributed by atoms with van der Waals surface area (Å²) in [4.78, 5) is 0. The lowest BCUT2D eigenvalue weighted by atomic mass is 10.0. The van der Waals surface area contributed by atoms with Gasteiger partial charge in [-0.25, -0.2) is 0 Å². The van der Waals surface area contributed by atoms with E-state index < -0.39 is 0 Å². The van der Waals surface area contributed by atoms with Gasteiger partial charge in [0.25, 0.3) is 0 Å². The summed E-state index contributed by atoms with van der Waals surface area (Å²) in [5.74, 6) is 0. The van der Waals surface area contributed by atoms with Crippen molar-refractivity contribution in [1.82, 2.24) is 0 Å². The summed E-state index contributed by atoms with van der Waals surface area (Å²) in [5, 5.41) is 6.24. The Labute approximate surface area is 149 Å². The maximum Gasteiger partial charge on any atom is 0.0493 e. The summed E-state index contributed by atoms with van der Waals surface area (Å²) >= 11 is 0. The van der Waals surface area contributed by atoms with E-state index in [-0.39, 0.29) is 0 Å². The highest BCUT2D eigenvalue weighted by molar-refractivity contribution is 5.98. The zero-order chi connectivity index (χ0) is 17.2. The molecular formula is C24H21N. The molecule has 0 aliphatic rings. The minimum atomic E-state index is 1.13. The van der Waals surface area contributed by atoms with Gasteiger partial charge in [-0.3, -0.25) is 0 Å². The molecule has 0 amide bonds. The molecule has 25 heavy (non-hydrogen) atoms. The van der Waals surface area contributed by atoms with Crippen molar-refractivity contribution in [2.75, 3.05) is 5.32 Å². The number of fused-ring (bicyclic) bond motifs is 1. The van der Waals surface area contributed by atoms with Crippen LogP contribution in [-0.2, 0) is 0 Å². The van der Waals surface area contributed by atoms with Crippen LogP contribution in [0.3, 0.4) is 0 Å². The van der Waals surface area contributed by atoms with E-state index in [1.165, 1.54) is 38.7 Å². The molecule has 4 rings (SSSR count). The third kappa shape index (κ3) is 3.01. The lowest BCUT2D eigenvalue weighted by Gasteiger charge is -2.17. The fraction of sp³-hybridized carbons (Fsp3) is 0.0833. The van der Waals surface area contributed by atoms with Gasteiger partial charge in [-0.05, 0) is 42.5 Å². The van der Waals surface area contributed by atoms with E-state index in [0.29, 0.717) is 0 Å². The lowest BCUT2D eigenvalue weighted by molar-refractivity contribution is 1.44. The molecule has 1 nitrogen and oxygen atoms in total. The highest BCUT2D eigenvalue weighted by Gasteiger charge is 2.09. The SMILES string of the molecule is Cc1ccc2ccc(C)c(Nc3ccccc3-c3ccccc3)c2c1. The first-order valence-electron chi connectivity index (χ1n) is 8.64. The van der Waals surface area contributed by atoms with Crippen LogP contribution in [0.1, 0.15) is 11.1 Å². The second kappa shape index (κ2) is 6.45. The van der Waals surface area contributed by atoms with Crippen LogP contribution in [0.25, 0.3) is 21.9 Å². The zero-order valence-corrected chi connectivity index (χ0v) is 14.6. The summed E-state index contributed by atoms with van der Waals surface area (Å²) < 4.78 is 0. The van der Waals surface area contributed by atoms with Crippen LogP contribution >= 0.6 is 0 Å². The molecule has 0 saturated carbocycles. The Hall–Kier alpha value is -3.06. The van der Waals surface area contributed by atoms with Crippen LogP contribution in [0.5, 0.6) is 0 Å². The first kappa shape index (κ1) is 15.5. The molecular weight excluding hydrogens is 302 g/mol. The van der Waals surface area contributed by atoms with Crippen LogP contribution in [0, 0.1) is 13.8 Å². The van der Waals surface area contributed by atoms with Crippen molar-refractivity contribution in [2.45, 2.75) is 13.8 Å². The molecule has 1 N–H and O–H groups in total. The average Bonchev–Trinajstić information content (AvgIpc) is 2.65. The van der Waals surface area contributed by atoms with Gasteiger partial charge in [-0.1, -0.05) is 78.4 Å². The van der Waals surface area contributed by atoms with E-state index in [9.17, 15) is 0 Å². The smallest absolute Gasteiger partial charge is 0.0493 e. The summed E-state index contributed by atoms with van der Waals surface area (Å²) in [6.07, 6.45) is 0. The van der Waals surface area contributed by atoms with Gasteiger partial charge in [0, 0.05) is 22.3 Å². The molecule has 0 atom stereocenters. The van der Waals surface area contributed by atoms with Crippen molar-refractivity contribution in [3.8, 4) is 11.1 Å². The zero-order valence-electron chi connectivity index (χ0n) is 14.6. The maximum absolute atomic E-state index is 3.71. The number of benzene rings is 4. The van der Waals surface area contributed by atoms with E-state index in [0.717, 1.165) is 5.69 Å². The Morgan fingerprint density at radius 2 is 1.40 bits per heavy atom. The van der Waals surface area contributed by atoms with Crippen molar-refractivity contribution < 1.29 is 0 Å². The van der Waals surface area contributed by atoms with Gasteiger partial charge in [0.1, 0.15) is 0 Å². The number of anilines is 2. The number of hydrogen-bond donors (Lipinski definition) is 1. The molecule has 0 radical (unpaired) electrons. The van der Waals surface area contributed by atoms with Gasteiger partial charge in [0.15, 0.2) is 0 Å². The van der Waals surface area contributed by atoms with E-state index in [4.69, 9.17) is 0 Å². The van der Waals surface area contributed by atoms with Crippen molar-refractivity contribution in [3.05, 3.63) is 96.1 Å². The molecule has 0 aliphatic carbocycles. The predicted octanol–water partition coefficient (Wildman–Crippen LogP) is 6.87. The number of para-hydroxylation sites is 1. The maximum atomic E-state index is 3.71. The topological polar surface area (TPSA) is 12.0 Å². The Balaban J connectivity index is 1.86. The van der Waals surface area contributed by atoms with Crippen LogP contribution in [-0.4, -0.2) is 0 Å². The highest BCUT2D eigenvalue weighted by Crippen LogP contribution is 2.35. The summed E-state index contributed by atoms with van der Waals surface area (Å²) in [7, 11) is 0. The fourth-order valence-electron chi connectivity index (χ4n) is 3.30. The summed E-state index contributed by atoms with van der Waals surface area (Å²) in [5.41, 5.74) is 7.28. The van der Waals surface area contributed by atoms with Crippen molar-refractivity contribution in [2.24, 2.45) is 0 Å². The predicted molar refractivity (Wildman–Crippen MR) is 109 cm³/mol. The molecule has 0 fully saturated rings. The van der Waals surface area contributed by atoms with Gasteiger partial charge in [-0.15, -0.1) is 0 Å². The first-order valence-corrected chi connectivity index (χ1v) is 8.64. The van der Waals surface area contributed by atoms with Crippen LogP contribution in [0.15, 0.2) is 84.9 Å². The van der Waals surface area contributed by atoms with Gasteiger partial charge in [0.2, 0.25) is 0 Å². The molecule has 0 saturated heterocycles. The van der Waals surface area contributed by atoms with Gasteiger partial charge in [-0.2, -0.15) is 0 Å². The Morgan fingerprint density at radius 3 is 2.24 bits per heavy atom. The molecule has 4 aromatic rings. The fourth-order valence-corrected chi connectivity index (χ4v) is 3.30. The quantitative estimate of drug-likeness (QED) is 0.434. The monoisotopic (exact) mass is 323 g/mol. The minimum absolute atomic E-state index is 1.13. The molecule has 0 spiro atoms. The third-order valence-corrected chi connectivity index (χ3v) is 4.66. The van der Waals surface area contributed by atoms with Gasteiger partial charge >= 0.3 is 0 Å². The van der Waals surface area contributed by atoms with Crippen LogP contribution in [0.2, 0.25) is 0 Å². The molecule has 0 aliphatic heterocycles. The Morgan fingerprint density at radius 1 is 0.680 bits per heavy atom. The normalized spacial score (nSPS) is 10.8. The summed E-state index contributed by atoms with van der Waals surface area (Å²) in [6, 6.07) is 30.0. The number of aryl methyl sites for hydroxylation is 2. The lowest BCUT2D eigenvalue weighted by Crippen LogP contribution is -1.97. The third-order valence-electron chi connectivity index (χ3n) is 4.66. The molecule has 1 heteroatoms.